The summed E-state index contributed by atoms with van der Waals surface area (Å²) >= 11 is 0. The van der Waals surface area contributed by atoms with Gasteiger partial charge in [0, 0.05) is 12.2 Å². The van der Waals surface area contributed by atoms with E-state index in [1.54, 1.807) is 6.92 Å². The van der Waals surface area contributed by atoms with Crippen LogP contribution in [0.15, 0.2) is 23.8 Å². The van der Waals surface area contributed by atoms with Crippen LogP contribution in [0.25, 0.3) is 0 Å². The molecule has 4 nitrogen and oxygen atoms in total. The Morgan fingerprint density at radius 1 is 1.42 bits per heavy atom. The van der Waals surface area contributed by atoms with Gasteiger partial charge in [-0.25, -0.2) is 4.79 Å². The van der Waals surface area contributed by atoms with Gasteiger partial charge < -0.3 is 14.6 Å². The first-order valence-corrected chi connectivity index (χ1v) is 6.93. The van der Waals surface area contributed by atoms with Crippen molar-refractivity contribution >= 4 is 5.97 Å². The Balaban J connectivity index is 1.75. The molecule has 0 bridgehead atoms. The van der Waals surface area contributed by atoms with Crippen molar-refractivity contribution in [2.24, 2.45) is 0 Å². The van der Waals surface area contributed by atoms with Gasteiger partial charge in [0.05, 0.1) is 12.2 Å². The molecule has 106 valence electrons. The van der Waals surface area contributed by atoms with Crippen LogP contribution in [0.4, 0.5) is 0 Å². The van der Waals surface area contributed by atoms with E-state index in [2.05, 4.69) is 6.58 Å². The second kappa shape index (κ2) is 6.35. The highest BCUT2D eigenvalue weighted by atomic mass is 16.5. The topological polar surface area (TPSA) is 55.8 Å². The molecule has 1 fully saturated rings. The minimum atomic E-state index is -0.211. The van der Waals surface area contributed by atoms with E-state index in [4.69, 9.17) is 14.6 Å². The standard InChI is InChI=1S/C15H22O4/c1-10-8-12(4-3-7-16)18-14(10)6-5-13-9-11(2)15(17)19-13/h9,12-14,16H,1,3-8H2,2H3/t12?,13?,14-/m0/s1. The molecule has 0 aromatic carbocycles. The Hall–Kier alpha value is -1.13. The Morgan fingerprint density at radius 2 is 2.21 bits per heavy atom. The Labute approximate surface area is 114 Å². The first-order valence-electron chi connectivity index (χ1n) is 6.93. The Morgan fingerprint density at radius 3 is 2.84 bits per heavy atom. The van der Waals surface area contributed by atoms with E-state index in [0.29, 0.717) is 5.57 Å². The number of carbonyl (C=O) groups excluding carboxylic acids is 1. The number of esters is 1. The van der Waals surface area contributed by atoms with Gasteiger partial charge in [-0.05, 0) is 50.7 Å². The molecule has 2 heterocycles. The fourth-order valence-corrected chi connectivity index (χ4v) is 2.63. The highest BCUT2D eigenvalue weighted by molar-refractivity contribution is 5.90. The summed E-state index contributed by atoms with van der Waals surface area (Å²) in [5, 5.41) is 8.82. The number of aliphatic hydroxyl groups is 1. The van der Waals surface area contributed by atoms with Gasteiger partial charge in [-0.3, -0.25) is 0 Å². The molecule has 19 heavy (non-hydrogen) atoms. The molecule has 2 aliphatic rings. The average molecular weight is 266 g/mol. The molecule has 0 spiro atoms. The lowest BCUT2D eigenvalue weighted by atomic mass is 10.0. The molecule has 2 aliphatic heterocycles. The fourth-order valence-electron chi connectivity index (χ4n) is 2.63. The van der Waals surface area contributed by atoms with E-state index in [-0.39, 0.29) is 30.9 Å². The normalized spacial score (nSPS) is 30.6. The van der Waals surface area contributed by atoms with Crippen LogP contribution in [0.5, 0.6) is 0 Å². The van der Waals surface area contributed by atoms with Crippen molar-refractivity contribution in [2.45, 2.75) is 57.3 Å². The highest BCUT2D eigenvalue weighted by Gasteiger charge is 2.30. The van der Waals surface area contributed by atoms with Crippen LogP contribution in [0.1, 0.15) is 39.0 Å². The molecule has 3 atom stereocenters. The summed E-state index contributed by atoms with van der Waals surface area (Å²) in [7, 11) is 0. The van der Waals surface area contributed by atoms with Crippen LogP contribution in [0.3, 0.4) is 0 Å². The van der Waals surface area contributed by atoms with Crippen molar-refractivity contribution in [1.29, 1.82) is 0 Å². The van der Waals surface area contributed by atoms with Gasteiger partial charge in [0.2, 0.25) is 0 Å². The van der Waals surface area contributed by atoms with E-state index in [9.17, 15) is 4.79 Å². The van der Waals surface area contributed by atoms with Gasteiger partial charge in [-0.1, -0.05) is 6.58 Å². The molecule has 4 heteroatoms. The SMILES string of the molecule is C=C1CC(CCCO)O[C@H]1CCC1C=C(C)C(=O)O1. The number of aliphatic hydroxyl groups excluding tert-OH is 1. The van der Waals surface area contributed by atoms with E-state index in [1.165, 1.54) is 0 Å². The quantitative estimate of drug-likeness (QED) is 0.591. The first kappa shape index (κ1) is 14.3. The fraction of sp³-hybridized carbons (Fsp3) is 0.667. The maximum Gasteiger partial charge on any atom is 0.334 e. The summed E-state index contributed by atoms with van der Waals surface area (Å²) in [6.07, 6.45) is 6.16. The smallest absolute Gasteiger partial charge is 0.334 e. The third-order valence-corrected chi connectivity index (χ3v) is 3.72. The Kier molecular flexibility index (Phi) is 4.77. The summed E-state index contributed by atoms with van der Waals surface area (Å²) in [5.74, 6) is -0.211. The van der Waals surface area contributed by atoms with E-state index in [0.717, 1.165) is 37.7 Å². The van der Waals surface area contributed by atoms with Crippen molar-refractivity contribution in [3.05, 3.63) is 23.8 Å². The van der Waals surface area contributed by atoms with Gasteiger partial charge in [-0.15, -0.1) is 0 Å². The first-order chi connectivity index (χ1) is 9.10. The maximum atomic E-state index is 11.3. The van der Waals surface area contributed by atoms with Crippen molar-refractivity contribution in [1.82, 2.24) is 0 Å². The monoisotopic (exact) mass is 266 g/mol. The number of rotatable bonds is 6. The average Bonchev–Trinajstić information content (AvgIpc) is 2.88. The molecule has 0 saturated carbocycles. The van der Waals surface area contributed by atoms with Crippen LogP contribution in [0.2, 0.25) is 0 Å². The van der Waals surface area contributed by atoms with Gasteiger partial charge in [0.25, 0.3) is 0 Å². The zero-order valence-electron chi connectivity index (χ0n) is 11.4. The summed E-state index contributed by atoms with van der Waals surface area (Å²) in [6, 6.07) is 0. The van der Waals surface area contributed by atoms with Crippen LogP contribution in [-0.4, -0.2) is 36.0 Å². The number of carbonyl (C=O) groups is 1. The summed E-state index contributed by atoms with van der Waals surface area (Å²) in [4.78, 5) is 11.3. The third-order valence-electron chi connectivity index (χ3n) is 3.72. The molecule has 0 aliphatic carbocycles. The highest BCUT2D eigenvalue weighted by Crippen LogP contribution is 2.31. The molecule has 0 amide bonds. The molecular weight excluding hydrogens is 244 g/mol. The van der Waals surface area contributed by atoms with E-state index >= 15 is 0 Å². The predicted octanol–water partition coefficient (Wildman–Crippen LogP) is 2.12. The summed E-state index contributed by atoms with van der Waals surface area (Å²) in [5.41, 5.74) is 1.81. The number of ether oxygens (including phenoxy) is 2. The van der Waals surface area contributed by atoms with Crippen LogP contribution in [0, 0.1) is 0 Å². The number of hydrogen-bond donors (Lipinski definition) is 1. The second-order valence-corrected chi connectivity index (χ2v) is 5.35. The van der Waals surface area contributed by atoms with Crippen LogP contribution in [-0.2, 0) is 14.3 Å². The lowest BCUT2D eigenvalue weighted by molar-refractivity contribution is -0.140. The number of cyclic esters (lactones) is 1. The van der Waals surface area contributed by atoms with Gasteiger partial charge >= 0.3 is 5.97 Å². The number of hydrogen-bond acceptors (Lipinski definition) is 4. The van der Waals surface area contributed by atoms with Gasteiger partial charge in [-0.2, -0.15) is 0 Å². The van der Waals surface area contributed by atoms with E-state index in [1.807, 2.05) is 6.08 Å². The minimum Gasteiger partial charge on any atom is -0.455 e. The van der Waals surface area contributed by atoms with Crippen molar-refractivity contribution < 1.29 is 19.4 Å². The molecule has 0 aromatic heterocycles. The van der Waals surface area contributed by atoms with Gasteiger partial charge in [0.15, 0.2) is 0 Å². The van der Waals surface area contributed by atoms with Crippen molar-refractivity contribution in [3.8, 4) is 0 Å². The zero-order valence-corrected chi connectivity index (χ0v) is 11.4. The molecule has 2 unspecified atom stereocenters. The van der Waals surface area contributed by atoms with E-state index < -0.39 is 0 Å². The van der Waals surface area contributed by atoms with Crippen molar-refractivity contribution in [3.63, 3.8) is 0 Å². The summed E-state index contributed by atoms with van der Waals surface area (Å²) in [6.45, 7) is 6.04. The molecule has 0 aromatic rings. The maximum absolute atomic E-state index is 11.3. The minimum absolute atomic E-state index is 0.0664. The molecular formula is C15H22O4. The van der Waals surface area contributed by atoms with Crippen molar-refractivity contribution in [2.75, 3.05) is 6.61 Å². The molecule has 1 saturated heterocycles. The summed E-state index contributed by atoms with van der Waals surface area (Å²) < 4.78 is 11.1. The van der Waals surface area contributed by atoms with Crippen LogP contribution >= 0.6 is 0 Å². The molecule has 0 radical (unpaired) electrons. The second-order valence-electron chi connectivity index (χ2n) is 5.35. The molecule has 1 N–H and O–H groups in total. The van der Waals surface area contributed by atoms with Gasteiger partial charge in [0.1, 0.15) is 6.10 Å². The zero-order chi connectivity index (χ0) is 13.8. The largest absolute Gasteiger partial charge is 0.455 e. The predicted molar refractivity (Wildman–Crippen MR) is 71.6 cm³/mol. The Bertz CT molecular complexity index is 386. The van der Waals surface area contributed by atoms with Crippen LogP contribution < -0.4 is 0 Å². The lowest BCUT2D eigenvalue weighted by Crippen LogP contribution is -2.15. The molecule has 2 rings (SSSR count). The lowest BCUT2D eigenvalue weighted by Gasteiger charge is -2.15. The third kappa shape index (κ3) is 3.67.